The maximum absolute atomic E-state index is 12.3. The van der Waals surface area contributed by atoms with Crippen molar-refractivity contribution in [2.75, 3.05) is 42.8 Å². The second-order valence-corrected chi connectivity index (χ2v) is 7.84. The highest BCUT2D eigenvalue weighted by molar-refractivity contribution is 5.98. The Balaban J connectivity index is 1.42. The van der Waals surface area contributed by atoms with Crippen LogP contribution in [0.15, 0.2) is 78.9 Å². The number of rotatable bonds is 12. The fourth-order valence-electron chi connectivity index (χ4n) is 3.29. The number of hydrogen-bond donors (Lipinski definition) is 4. The van der Waals surface area contributed by atoms with Gasteiger partial charge in [0.2, 0.25) is 11.8 Å². The minimum Gasteiger partial charge on any atom is -0.383 e. The number of amides is 3. The molecule has 0 fully saturated rings. The van der Waals surface area contributed by atoms with E-state index in [1.54, 1.807) is 55.6 Å². The van der Waals surface area contributed by atoms with Gasteiger partial charge in [0.25, 0.3) is 5.91 Å². The lowest BCUT2D eigenvalue weighted by molar-refractivity contribution is -0.116. The fourth-order valence-corrected chi connectivity index (χ4v) is 3.29. The molecule has 3 amide bonds. The molecule has 0 unspecified atom stereocenters. The first kappa shape index (κ1) is 25.5. The number of aryl methyl sites for hydroxylation is 1. The SMILES string of the molecule is COCCNC(=O)c1cccc(NC(=O)CNc2ccc(NC(=O)CCc3ccccc3)cc2)c1. The van der Waals surface area contributed by atoms with Crippen LogP contribution in [0.4, 0.5) is 17.1 Å². The minimum atomic E-state index is -0.250. The van der Waals surface area contributed by atoms with Crippen molar-refractivity contribution in [3.8, 4) is 0 Å². The van der Waals surface area contributed by atoms with Crippen LogP contribution >= 0.6 is 0 Å². The van der Waals surface area contributed by atoms with Crippen molar-refractivity contribution in [3.63, 3.8) is 0 Å². The zero-order chi connectivity index (χ0) is 24.9. The highest BCUT2D eigenvalue weighted by Crippen LogP contribution is 2.15. The summed E-state index contributed by atoms with van der Waals surface area (Å²) in [6, 6.07) is 23.8. The van der Waals surface area contributed by atoms with Crippen LogP contribution in [0.1, 0.15) is 22.3 Å². The van der Waals surface area contributed by atoms with Gasteiger partial charge >= 0.3 is 0 Å². The molecule has 0 aliphatic rings. The number of anilines is 3. The predicted molar refractivity (Wildman–Crippen MR) is 138 cm³/mol. The quantitative estimate of drug-likeness (QED) is 0.300. The molecule has 3 aromatic carbocycles. The molecule has 3 rings (SSSR count). The van der Waals surface area contributed by atoms with E-state index < -0.39 is 0 Å². The second kappa shape index (κ2) is 13.5. The molecule has 0 atom stereocenters. The first-order chi connectivity index (χ1) is 17.0. The molecule has 0 saturated heterocycles. The third-order valence-corrected chi connectivity index (χ3v) is 5.11. The molecule has 0 bridgehead atoms. The Kier molecular flexibility index (Phi) is 9.83. The number of benzene rings is 3. The molecule has 0 aliphatic carbocycles. The highest BCUT2D eigenvalue weighted by Gasteiger charge is 2.08. The van der Waals surface area contributed by atoms with Crippen LogP contribution in [-0.4, -0.2) is 44.5 Å². The highest BCUT2D eigenvalue weighted by atomic mass is 16.5. The molecule has 35 heavy (non-hydrogen) atoms. The van der Waals surface area contributed by atoms with Crippen LogP contribution in [0.2, 0.25) is 0 Å². The summed E-state index contributed by atoms with van der Waals surface area (Å²) in [6.07, 6.45) is 1.09. The van der Waals surface area contributed by atoms with E-state index >= 15 is 0 Å². The van der Waals surface area contributed by atoms with Gasteiger partial charge in [-0.15, -0.1) is 0 Å². The number of hydrogen-bond acceptors (Lipinski definition) is 5. The fraction of sp³-hybridized carbons (Fsp3) is 0.222. The molecule has 3 aromatic rings. The molecule has 8 heteroatoms. The monoisotopic (exact) mass is 474 g/mol. The van der Waals surface area contributed by atoms with Gasteiger partial charge in [0.15, 0.2) is 0 Å². The summed E-state index contributed by atoms with van der Waals surface area (Å²) in [5.41, 5.74) is 3.54. The van der Waals surface area contributed by atoms with Gasteiger partial charge in [0, 0.05) is 42.7 Å². The van der Waals surface area contributed by atoms with E-state index in [2.05, 4.69) is 21.3 Å². The van der Waals surface area contributed by atoms with Crippen LogP contribution in [-0.2, 0) is 20.7 Å². The van der Waals surface area contributed by atoms with E-state index in [0.29, 0.717) is 42.9 Å². The van der Waals surface area contributed by atoms with E-state index in [1.807, 2.05) is 30.3 Å². The summed E-state index contributed by atoms with van der Waals surface area (Å²) in [7, 11) is 1.57. The van der Waals surface area contributed by atoms with Gasteiger partial charge in [-0.05, 0) is 54.4 Å². The van der Waals surface area contributed by atoms with Gasteiger partial charge in [0.1, 0.15) is 0 Å². The summed E-state index contributed by atoms with van der Waals surface area (Å²) in [4.78, 5) is 36.7. The van der Waals surface area contributed by atoms with Crippen LogP contribution in [0, 0.1) is 0 Å². The van der Waals surface area contributed by atoms with Crippen molar-refractivity contribution in [1.29, 1.82) is 0 Å². The molecular weight excluding hydrogens is 444 g/mol. The number of carbonyl (C=O) groups excluding carboxylic acids is 3. The van der Waals surface area contributed by atoms with Gasteiger partial charge in [-0.1, -0.05) is 36.4 Å². The normalized spacial score (nSPS) is 10.3. The van der Waals surface area contributed by atoms with Crippen molar-refractivity contribution < 1.29 is 19.1 Å². The Morgan fingerprint density at radius 1 is 0.771 bits per heavy atom. The molecule has 8 nitrogen and oxygen atoms in total. The lowest BCUT2D eigenvalue weighted by Gasteiger charge is -2.10. The first-order valence-corrected chi connectivity index (χ1v) is 11.4. The topological polar surface area (TPSA) is 109 Å². The predicted octanol–water partition coefficient (Wildman–Crippen LogP) is 3.68. The second-order valence-electron chi connectivity index (χ2n) is 7.84. The number of nitrogens with one attached hydrogen (secondary N) is 4. The lowest BCUT2D eigenvalue weighted by atomic mass is 10.1. The molecule has 0 spiro atoms. The summed E-state index contributed by atoms with van der Waals surface area (Å²) in [5, 5.41) is 11.4. The van der Waals surface area contributed by atoms with E-state index in [-0.39, 0.29) is 24.3 Å². The number of methoxy groups -OCH3 is 1. The first-order valence-electron chi connectivity index (χ1n) is 11.4. The largest absolute Gasteiger partial charge is 0.383 e. The van der Waals surface area contributed by atoms with Gasteiger partial charge in [-0.3, -0.25) is 14.4 Å². The Bertz CT molecular complexity index is 1120. The Morgan fingerprint density at radius 2 is 1.49 bits per heavy atom. The number of ether oxygens (including phenoxy) is 1. The molecular formula is C27H30N4O4. The van der Waals surface area contributed by atoms with Crippen LogP contribution in [0.25, 0.3) is 0 Å². The molecule has 0 heterocycles. The standard InChI is InChI=1S/C27H30N4O4/c1-35-17-16-28-27(34)21-8-5-9-24(18-21)31-26(33)19-29-22-11-13-23(14-12-22)30-25(32)15-10-20-6-3-2-4-7-20/h2-9,11-14,18,29H,10,15-17,19H2,1H3,(H,28,34)(H,30,32)(H,31,33). The van der Waals surface area contributed by atoms with Crippen molar-refractivity contribution in [2.24, 2.45) is 0 Å². The van der Waals surface area contributed by atoms with Crippen LogP contribution in [0.3, 0.4) is 0 Å². The third-order valence-electron chi connectivity index (χ3n) is 5.11. The summed E-state index contributed by atoms with van der Waals surface area (Å²) in [5.74, 6) is -0.535. The molecule has 4 N–H and O–H groups in total. The summed E-state index contributed by atoms with van der Waals surface area (Å²) >= 11 is 0. The zero-order valence-electron chi connectivity index (χ0n) is 19.7. The average Bonchev–Trinajstić information content (AvgIpc) is 2.88. The Labute approximate surface area is 205 Å². The molecule has 0 radical (unpaired) electrons. The molecule has 0 aromatic heterocycles. The van der Waals surface area contributed by atoms with E-state index in [9.17, 15) is 14.4 Å². The van der Waals surface area contributed by atoms with Crippen molar-refractivity contribution in [2.45, 2.75) is 12.8 Å². The van der Waals surface area contributed by atoms with Crippen molar-refractivity contribution in [1.82, 2.24) is 5.32 Å². The number of carbonyl (C=O) groups is 3. The molecule has 182 valence electrons. The van der Waals surface area contributed by atoms with Crippen LogP contribution in [0.5, 0.6) is 0 Å². The Morgan fingerprint density at radius 3 is 2.23 bits per heavy atom. The van der Waals surface area contributed by atoms with E-state index in [0.717, 1.165) is 11.3 Å². The van der Waals surface area contributed by atoms with Gasteiger partial charge in [-0.2, -0.15) is 0 Å². The molecule has 0 saturated carbocycles. The van der Waals surface area contributed by atoms with Gasteiger partial charge in [0.05, 0.1) is 13.2 Å². The smallest absolute Gasteiger partial charge is 0.251 e. The minimum absolute atomic E-state index is 0.0487. The van der Waals surface area contributed by atoms with Gasteiger partial charge in [-0.25, -0.2) is 0 Å². The lowest BCUT2D eigenvalue weighted by Crippen LogP contribution is -2.27. The van der Waals surface area contributed by atoms with Crippen LogP contribution < -0.4 is 21.3 Å². The van der Waals surface area contributed by atoms with E-state index in [4.69, 9.17) is 4.74 Å². The summed E-state index contributed by atoms with van der Waals surface area (Å²) < 4.78 is 4.92. The van der Waals surface area contributed by atoms with E-state index in [1.165, 1.54) is 0 Å². The zero-order valence-corrected chi connectivity index (χ0v) is 19.7. The summed E-state index contributed by atoms with van der Waals surface area (Å²) in [6.45, 7) is 0.883. The van der Waals surface area contributed by atoms with Gasteiger partial charge < -0.3 is 26.0 Å². The maximum Gasteiger partial charge on any atom is 0.251 e. The third kappa shape index (κ3) is 8.94. The Hall–Kier alpha value is -4.17. The van der Waals surface area contributed by atoms with Crippen molar-refractivity contribution >= 4 is 34.8 Å². The molecule has 0 aliphatic heterocycles. The van der Waals surface area contributed by atoms with Crippen molar-refractivity contribution in [3.05, 3.63) is 90.0 Å². The average molecular weight is 475 g/mol. The maximum atomic E-state index is 12.3.